The van der Waals surface area contributed by atoms with Crippen molar-refractivity contribution in [3.8, 4) is 0 Å². The molecule has 2 aliphatic carbocycles. The van der Waals surface area contributed by atoms with Gasteiger partial charge in [-0.25, -0.2) is 0 Å². The Balaban J connectivity index is 1.62. The molecule has 3 aliphatic heterocycles. The molecule has 2 bridgehead atoms. The quantitative estimate of drug-likeness (QED) is 0.353. The maximum Gasteiger partial charge on any atom is 0.310 e. The SMILES string of the molecule is COC(=O)C1C(C)(C)C(OC(=O)C(C)C)C2C(OC(=O)C(C)C)C34OC2(O)C1(C)C3CCC1(C)C(c2ccoc2)OC(=O)CC14. The van der Waals surface area contributed by atoms with Gasteiger partial charge in [0, 0.05) is 33.6 Å². The van der Waals surface area contributed by atoms with E-state index in [4.69, 9.17) is 28.1 Å². The summed E-state index contributed by atoms with van der Waals surface area (Å²) in [5.41, 5.74) is -3.78. The number of carbonyl (C=O) groups is 4. The first kappa shape index (κ1) is 32.0. The third-order valence-corrected chi connectivity index (χ3v) is 12.2. The number of furan rings is 1. The summed E-state index contributed by atoms with van der Waals surface area (Å²) in [7, 11) is 1.30. The van der Waals surface area contributed by atoms with Crippen LogP contribution in [-0.4, -0.2) is 59.7 Å². The van der Waals surface area contributed by atoms with Gasteiger partial charge in [0.05, 0.1) is 49.7 Å². The Morgan fingerprint density at radius 3 is 2.16 bits per heavy atom. The molecule has 0 amide bonds. The number of cyclic esters (lactones) is 1. The van der Waals surface area contributed by atoms with Crippen molar-refractivity contribution in [3.05, 3.63) is 24.2 Å². The molecule has 3 saturated heterocycles. The second-order valence-corrected chi connectivity index (χ2v) is 15.5. The predicted octanol–water partition coefficient (Wildman–Crippen LogP) is 4.36. The molecule has 0 aromatic carbocycles. The smallest absolute Gasteiger partial charge is 0.310 e. The summed E-state index contributed by atoms with van der Waals surface area (Å²) in [6, 6.07) is 1.76. The number of fused-ring (bicyclic) bond motifs is 2. The minimum atomic E-state index is -2.08. The highest BCUT2D eigenvalue weighted by molar-refractivity contribution is 5.77. The monoisotopic (exact) mass is 630 g/mol. The Hall–Kier alpha value is -2.92. The maximum atomic E-state index is 13.9. The molecule has 5 aliphatic rings. The van der Waals surface area contributed by atoms with Crippen molar-refractivity contribution in [3.63, 3.8) is 0 Å². The number of ether oxygens (including phenoxy) is 5. The third kappa shape index (κ3) is 3.88. The van der Waals surface area contributed by atoms with Crippen LogP contribution in [-0.2, 0) is 42.9 Å². The minimum absolute atomic E-state index is 0.0569. The average Bonchev–Trinajstić information content (AvgIpc) is 3.62. The fourth-order valence-corrected chi connectivity index (χ4v) is 10.3. The molecule has 1 aromatic rings. The fourth-order valence-electron chi connectivity index (χ4n) is 10.3. The van der Waals surface area contributed by atoms with Crippen LogP contribution in [0.1, 0.15) is 86.3 Å². The van der Waals surface area contributed by atoms with Gasteiger partial charge >= 0.3 is 23.9 Å². The van der Waals surface area contributed by atoms with E-state index in [1.165, 1.54) is 13.4 Å². The van der Waals surface area contributed by atoms with Crippen molar-refractivity contribution in [1.29, 1.82) is 0 Å². The summed E-state index contributed by atoms with van der Waals surface area (Å²) >= 11 is 0. The summed E-state index contributed by atoms with van der Waals surface area (Å²) in [6.07, 6.45) is 1.17. The van der Waals surface area contributed by atoms with E-state index in [1.807, 2.05) is 27.7 Å². The minimum Gasteiger partial charge on any atom is -0.472 e. The number of hydrogen-bond donors (Lipinski definition) is 1. The van der Waals surface area contributed by atoms with Crippen LogP contribution in [0.4, 0.5) is 0 Å². The zero-order chi connectivity index (χ0) is 33.1. The second kappa shape index (κ2) is 10.0. The van der Waals surface area contributed by atoms with Crippen LogP contribution in [0.25, 0.3) is 0 Å². The van der Waals surface area contributed by atoms with E-state index < -0.39 is 105 Å². The number of carbonyl (C=O) groups excluding carboxylic acids is 4. The van der Waals surface area contributed by atoms with Crippen LogP contribution in [0.5, 0.6) is 0 Å². The van der Waals surface area contributed by atoms with Crippen LogP contribution in [0, 0.1) is 51.8 Å². The van der Waals surface area contributed by atoms with Crippen LogP contribution >= 0.6 is 0 Å². The number of rotatable bonds is 6. The van der Waals surface area contributed by atoms with Gasteiger partial charge in [-0.2, -0.15) is 0 Å². The van der Waals surface area contributed by atoms with Gasteiger partial charge in [-0.05, 0) is 18.9 Å². The first-order valence-electron chi connectivity index (χ1n) is 16.1. The van der Waals surface area contributed by atoms with Crippen molar-refractivity contribution >= 4 is 23.9 Å². The highest BCUT2D eigenvalue weighted by atomic mass is 16.7. The zero-order valence-corrected chi connectivity index (χ0v) is 27.6. The Morgan fingerprint density at radius 2 is 1.60 bits per heavy atom. The molecule has 11 atom stereocenters. The average molecular weight is 631 g/mol. The summed E-state index contributed by atoms with van der Waals surface area (Å²) in [4.78, 5) is 54.1. The first-order chi connectivity index (χ1) is 20.9. The van der Waals surface area contributed by atoms with E-state index in [2.05, 4.69) is 0 Å². The molecule has 1 aromatic heterocycles. The molecular formula is C34H46O11. The Labute approximate surface area is 263 Å². The Morgan fingerprint density at radius 1 is 0.978 bits per heavy atom. The number of hydrogen-bond acceptors (Lipinski definition) is 11. The molecule has 11 unspecified atom stereocenters. The molecule has 5 fully saturated rings. The first-order valence-corrected chi connectivity index (χ1v) is 16.1. The highest BCUT2D eigenvalue weighted by Crippen LogP contribution is 2.81. The van der Waals surface area contributed by atoms with E-state index in [0.29, 0.717) is 18.4 Å². The van der Waals surface area contributed by atoms with Crippen LogP contribution in [0.3, 0.4) is 0 Å². The van der Waals surface area contributed by atoms with E-state index >= 15 is 0 Å². The normalized spacial score (nSPS) is 44.2. The van der Waals surface area contributed by atoms with Crippen molar-refractivity contribution in [1.82, 2.24) is 0 Å². The number of methoxy groups -OCH3 is 1. The zero-order valence-electron chi connectivity index (χ0n) is 27.6. The van der Waals surface area contributed by atoms with Gasteiger partial charge in [0.15, 0.2) is 5.79 Å². The molecule has 11 nitrogen and oxygen atoms in total. The van der Waals surface area contributed by atoms with Gasteiger partial charge in [-0.3, -0.25) is 19.2 Å². The van der Waals surface area contributed by atoms with Crippen LogP contribution < -0.4 is 0 Å². The number of esters is 4. The topological polar surface area (TPSA) is 148 Å². The Kier molecular flexibility index (Phi) is 7.15. The van der Waals surface area contributed by atoms with Crippen LogP contribution in [0.2, 0.25) is 0 Å². The molecule has 45 heavy (non-hydrogen) atoms. The van der Waals surface area contributed by atoms with Gasteiger partial charge in [-0.1, -0.05) is 55.4 Å². The van der Waals surface area contributed by atoms with Crippen molar-refractivity contribution < 1.29 is 52.4 Å². The van der Waals surface area contributed by atoms with Gasteiger partial charge < -0.3 is 33.2 Å². The molecule has 1 N–H and O–H groups in total. The van der Waals surface area contributed by atoms with Crippen molar-refractivity contribution in [2.75, 3.05) is 7.11 Å². The molecule has 1 spiro atoms. The van der Waals surface area contributed by atoms with Gasteiger partial charge in [0.2, 0.25) is 0 Å². The molecule has 2 saturated carbocycles. The molecular weight excluding hydrogens is 584 g/mol. The molecule has 248 valence electrons. The second-order valence-electron chi connectivity index (χ2n) is 15.5. The number of aliphatic hydroxyl groups is 1. The summed E-state index contributed by atoms with van der Waals surface area (Å²) < 4.78 is 36.4. The summed E-state index contributed by atoms with van der Waals surface area (Å²) in [5, 5.41) is 13.0. The van der Waals surface area contributed by atoms with Gasteiger partial charge in [0.1, 0.15) is 23.9 Å². The van der Waals surface area contributed by atoms with Gasteiger partial charge in [-0.15, -0.1) is 0 Å². The standard InChI is InChI=1S/C34H46O11/c1-16(2)27(36)43-25-22-26(44-28(37)17(3)4)33-19(32(8,34(22,39)45-33)23(29(38)40-9)30(25,5)6)10-12-31(7)20(33)14-21(35)42-24(31)18-11-13-41-15-18/h11,13,15-17,19-20,22-26,39H,10,12,14H2,1-9H3. The lowest BCUT2D eigenvalue weighted by atomic mass is 9.36. The largest absolute Gasteiger partial charge is 0.472 e. The van der Waals surface area contributed by atoms with E-state index in [0.717, 1.165) is 0 Å². The summed E-state index contributed by atoms with van der Waals surface area (Å²) in [6.45, 7) is 14.4. The van der Waals surface area contributed by atoms with Gasteiger partial charge in [0.25, 0.3) is 0 Å². The van der Waals surface area contributed by atoms with Crippen LogP contribution in [0.15, 0.2) is 23.0 Å². The molecule has 6 rings (SSSR count). The highest BCUT2D eigenvalue weighted by Gasteiger charge is 2.92. The lowest BCUT2D eigenvalue weighted by Crippen LogP contribution is -2.78. The lowest BCUT2D eigenvalue weighted by Gasteiger charge is -2.67. The third-order valence-electron chi connectivity index (χ3n) is 12.2. The lowest BCUT2D eigenvalue weighted by molar-refractivity contribution is -0.323. The summed E-state index contributed by atoms with van der Waals surface area (Å²) in [5.74, 6) is -8.32. The van der Waals surface area contributed by atoms with Crippen molar-refractivity contribution in [2.24, 2.45) is 51.8 Å². The fraction of sp³-hybridized carbons (Fsp3) is 0.765. The van der Waals surface area contributed by atoms with Crippen molar-refractivity contribution in [2.45, 2.75) is 104 Å². The van der Waals surface area contributed by atoms with E-state index in [9.17, 15) is 24.3 Å². The van der Waals surface area contributed by atoms with E-state index in [1.54, 1.807) is 40.0 Å². The molecule has 11 heteroatoms. The maximum absolute atomic E-state index is 13.9. The Bertz CT molecular complexity index is 1400. The predicted molar refractivity (Wildman–Crippen MR) is 156 cm³/mol. The molecule has 4 heterocycles. The van der Waals surface area contributed by atoms with E-state index in [-0.39, 0.29) is 6.42 Å². The molecule has 0 radical (unpaired) electrons.